The molecule has 0 aliphatic heterocycles. The van der Waals surface area contributed by atoms with Crippen molar-refractivity contribution in [2.45, 2.75) is 0 Å². The smallest absolute Gasteiger partial charge is 0.267 e. The topological polar surface area (TPSA) is 47.3 Å². The molecule has 19 heavy (non-hydrogen) atoms. The van der Waals surface area contributed by atoms with Gasteiger partial charge in [0.15, 0.2) is 0 Å². The summed E-state index contributed by atoms with van der Waals surface area (Å²) in [6.45, 7) is 0. The second kappa shape index (κ2) is 4.74. The normalized spacial score (nSPS) is 11.4. The third-order valence-corrected chi connectivity index (χ3v) is 3.22. The van der Waals surface area contributed by atoms with Crippen LogP contribution in [0.15, 0.2) is 40.6 Å². The quantitative estimate of drug-likeness (QED) is 0.720. The number of hydrogen-bond donors (Lipinski definition) is 0. The van der Waals surface area contributed by atoms with Crippen LogP contribution in [0.25, 0.3) is 17.1 Å². The predicted octanol–water partition coefficient (Wildman–Crippen LogP) is 2.46. The van der Waals surface area contributed by atoms with E-state index in [1.807, 2.05) is 0 Å². The summed E-state index contributed by atoms with van der Waals surface area (Å²) < 4.78 is 14.7. The van der Waals surface area contributed by atoms with Gasteiger partial charge in [0.25, 0.3) is 5.56 Å². The maximum absolute atomic E-state index is 13.4. The fraction of sp³-hybridized carbons (Fsp3) is 0. The lowest BCUT2D eigenvalue weighted by molar-refractivity contribution is 0.625. The molecule has 0 amide bonds. The maximum Gasteiger partial charge on any atom is 0.275 e. The number of fused-ring (bicyclic) bond motifs is 1. The molecule has 0 bridgehead atoms. The maximum atomic E-state index is 13.4. The number of rotatable bonds is 2. The fourth-order valence-electron chi connectivity index (χ4n) is 1.64. The van der Waals surface area contributed by atoms with E-state index in [0.717, 1.165) is 0 Å². The Balaban J connectivity index is 2.02. The summed E-state index contributed by atoms with van der Waals surface area (Å²) in [5.41, 5.74) is 2.24. The van der Waals surface area contributed by atoms with Crippen molar-refractivity contribution in [1.29, 1.82) is 0 Å². The van der Waals surface area contributed by atoms with Gasteiger partial charge in [0.2, 0.25) is 4.96 Å². The molecule has 2 aromatic heterocycles. The highest BCUT2D eigenvalue weighted by molar-refractivity contribution is 7.14. The van der Waals surface area contributed by atoms with Crippen LogP contribution in [0.4, 0.5) is 4.39 Å². The first kappa shape index (κ1) is 11.7. The highest BCUT2D eigenvalue weighted by Gasteiger charge is 2.02. The molecule has 1 aromatic carbocycles. The van der Waals surface area contributed by atoms with Crippen LogP contribution in [0, 0.1) is 5.82 Å². The number of benzene rings is 1. The Labute approximate surface area is 111 Å². The zero-order valence-electron chi connectivity index (χ0n) is 9.65. The third-order valence-electron chi connectivity index (χ3n) is 2.55. The first-order valence-corrected chi connectivity index (χ1v) is 6.38. The van der Waals surface area contributed by atoms with Crippen LogP contribution in [-0.2, 0) is 0 Å². The van der Waals surface area contributed by atoms with E-state index >= 15 is 0 Å². The molecule has 0 fully saturated rings. The van der Waals surface area contributed by atoms with Gasteiger partial charge in [-0.05, 0) is 18.2 Å². The van der Waals surface area contributed by atoms with Crippen LogP contribution in [0.5, 0.6) is 0 Å². The van der Waals surface area contributed by atoms with Crippen molar-refractivity contribution in [1.82, 2.24) is 14.6 Å². The minimum absolute atomic E-state index is 0.251. The zero-order chi connectivity index (χ0) is 13.2. The van der Waals surface area contributed by atoms with E-state index in [9.17, 15) is 9.18 Å². The van der Waals surface area contributed by atoms with Gasteiger partial charge in [0.1, 0.15) is 11.3 Å². The van der Waals surface area contributed by atoms with Crippen molar-refractivity contribution in [3.8, 4) is 0 Å². The predicted molar refractivity (Wildman–Crippen MR) is 72.5 cm³/mol. The molecular formula is C13H8FN3OS. The molecule has 0 saturated carbocycles. The lowest BCUT2D eigenvalue weighted by atomic mass is 10.2. The summed E-state index contributed by atoms with van der Waals surface area (Å²) in [4.78, 5) is 16.5. The fourth-order valence-corrected chi connectivity index (χ4v) is 2.27. The highest BCUT2D eigenvalue weighted by atomic mass is 32.1. The molecule has 6 heteroatoms. The van der Waals surface area contributed by atoms with Crippen LogP contribution < -0.4 is 5.56 Å². The highest BCUT2D eigenvalue weighted by Crippen LogP contribution is 2.11. The zero-order valence-corrected chi connectivity index (χ0v) is 10.5. The van der Waals surface area contributed by atoms with E-state index in [1.54, 1.807) is 35.9 Å². The second-order valence-electron chi connectivity index (χ2n) is 3.81. The van der Waals surface area contributed by atoms with E-state index < -0.39 is 0 Å². The molecule has 0 N–H and O–H groups in total. The van der Waals surface area contributed by atoms with E-state index in [2.05, 4.69) is 10.1 Å². The largest absolute Gasteiger partial charge is 0.275 e. The monoisotopic (exact) mass is 273 g/mol. The Morgan fingerprint density at radius 1 is 1.26 bits per heavy atom. The van der Waals surface area contributed by atoms with Crippen LogP contribution in [0.1, 0.15) is 11.3 Å². The van der Waals surface area contributed by atoms with Gasteiger partial charge in [0.05, 0.1) is 5.69 Å². The molecule has 0 aliphatic carbocycles. The minimum Gasteiger partial charge on any atom is -0.267 e. The van der Waals surface area contributed by atoms with Crippen molar-refractivity contribution in [3.05, 3.63) is 63.3 Å². The van der Waals surface area contributed by atoms with Crippen LogP contribution in [0.2, 0.25) is 0 Å². The molecule has 4 nitrogen and oxygen atoms in total. The van der Waals surface area contributed by atoms with Gasteiger partial charge in [-0.1, -0.05) is 29.5 Å². The Hall–Kier alpha value is -2.34. The van der Waals surface area contributed by atoms with Crippen molar-refractivity contribution < 1.29 is 4.39 Å². The molecule has 3 rings (SSSR count). The van der Waals surface area contributed by atoms with Crippen molar-refractivity contribution in [2.75, 3.05) is 0 Å². The number of halogens is 1. The van der Waals surface area contributed by atoms with Gasteiger partial charge in [-0.15, -0.1) is 0 Å². The van der Waals surface area contributed by atoms with Gasteiger partial charge >= 0.3 is 0 Å². The summed E-state index contributed by atoms with van der Waals surface area (Å²) in [5, 5.41) is 3.87. The lowest BCUT2D eigenvalue weighted by Gasteiger charge is -1.96. The third kappa shape index (κ3) is 2.30. The summed E-state index contributed by atoms with van der Waals surface area (Å²) in [6.07, 6.45) is 3.20. The standard InChI is InChI=1S/C13H8FN3OS/c14-11-4-2-1-3-9(11)5-6-10-7-12(18)17-13(16-10)19-8-15-17/h1-8H. The van der Waals surface area contributed by atoms with Crippen molar-refractivity contribution in [2.24, 2.45) is 0 Å². The van der Waals surface area contributed by atoms with Crippen LogP contribution in [0.3, 0.4) is 0 Å². The lowest BCUT2D eigenvalue weighted by Crippen LogP contribution is -2.13. The Bertz CT molecular complexity index is 822. The Kier molecular flexibility index (Phi) is 2.92. The molecule has 0 atom stereocenters. The van der Waals surface area contributed by atoms with Crippen LogP contribution in [-0.4, -0.2) is 14.6 Å². The summed E-state index contributed by atoms with van der Waals surface area (Å²) in [5.74, 6) is -0.311. The van der Waals surface area contributed by atoms with E-state index in [4.69, 9.17) is 0 Å². The number of hydrogen-bond acceptors (Lipinski definition) is 4. The molecule has 0 saturated heterocycles. The van der Waals surface area contributed by atoms with Gasteiger partial charge in [-0.25, -0.2) is 9.37 Å². The summed E-state index contributed by atoms with van der Waals surface area (Å²) >= 11 is 1.27. The Morgan fingerprint density at radius 2 is 2.11 bits per heavy atom. The first-order valence-electron chi connectivity index (χ1n) is 5.50. The average Bonchev–Trinajstić information content (AvgIpc) is 2.87. The second-order valence-corrected chi connectivity index (χ2v) is 4.62. The van der Waals surface area contributed by atoms with Crippen LogP contribution >= 0.6 is 11.3 Å². The average molecular weight is 273 g/mol. The van der Waals surface area contributed by atoms with E-state index in [-0.39, 0.29) is 11.4 Å². The molecule has 0 unspecified atom stereocenters. The minimum atomic E-state index is -0.311. The summed E-state index contributed by atoms with van der Waals surface area (Å²) in [7, 11) is 0. The van der Waals surface area contributed by atoms with Gasteiger partial charge in [-0.2, -0.15) is 9.61 Å². The molecule has 0 aliphatic rings. The molecule has 2 heterocycles. The molecular weight excluding hydrogens is 265 g/mol. The Morgan fingerprint density at radius 3 is 2.95 bits per heavy atom. The van der Waals surface area contributed by atoms with Gasteiger partial charge in [0, 0.05) is 11.6 Å². The van der Waals surface area contributed by atoms with E-state index in [1.165, 1.54) is 28.0 Å². The molecule has 0 radical (unpaired) electrons. The molecule has 0 spiro atoms. The molecule has 94 valence electrons. The SMILES string of the molecule is O=c1cc(C=Cc2ccccc2F)nc2scnn12. The summed E-state index contributed by atoms with van der Waals surface area (Å²) in [6, 6.07) is 7.78. The number of aromatic nitrogens is 3. The van der Waals surface area contributed by atoms with Crippen molar-refractivity contribution in [3.63, 3.8) is 0 Å². The number of nitrogens with zero attached hydrogens (tertiary/aromatic N) is 3. The van der Waals surface area contributed by atoms with Gasteiger partial charge < -0.3 is 0 Å². The van der Waals surface area contributed by atoms with Crippen molar-refractivity contribution >= 4 is 28.4 Å². The van der Waals surface area contributed by atoms with Gasteiger partial charge in [-0.3, -0.25) is 4.79 Å². The first-order chi connectivity index (χ1) is 9.24. The molecule has 3 aromatic rings. The van der Waals surface area contributed by atoms with E-state index in [0.29, 0.717) is 16.2 Å².